The first-order valence-electron chi connectivity index (χ1n) is 19.7. The Morgan fingerprint density at radius 3 is 0.950 bits per heavy atom. The molecule has 2 aromatic heterocycles. The molecular weight excluding hydrogens is 899 g/mol. The van der Waals surface area contributed by atoms with E-state index in [0.717, 1.165) is 33.4 Å². The van der Waals surface area contributed by atoms with Crippen LogP contribution in [0, 0.1) is 0 Å². The highest BCUT2D eigenvalue weighted by molar-refractivity contribution is 9.09. The summed E-state index contributed by atoms with van der Waals surface area (Å²) in [6, 6.07) is 62.0. The molecule has 0 amide bonds. The molecule has 9 nitrogen and oxygen atoms in total. The maximum absolute atomic E-state index is 12.9. The molecule has 6 aromatic carbocycles. The van der Waals surface area contributed by atoms with Gasteiger partial charge in [0.05, 0.1) is 9.65 Å². The highest BCUT2D eigenvalue weighted by Crippen LogP contribution is 2.42. The lowest BCUT2D eigenvalue weighted by atomic mass is 9.77. The van der Waals surface area contributed by atoms with Crippen molar-refractivity contribution in [1.82, 2.24) is 29.5 Å². The van der Waals surface area contributed by atoms with Crippen LogP contribution in [-0.2, 0) is 24.7 Å². The van der Waals surface area contributed by atoms with E-state index in [0.29, 0.717) is 24.5 Å². The number of aromatic nitrogens is 6. The molecule has 0 bridgehead atoms. The van der Waals surface area contributed by atoms with Crippen molar-refractivity contribution in [1.29, 1.82) is 0 Å². The van der Waals surface area contributed by atoms with Crippen molar-refractivity contribution in [3.63, 3.8) is 0 Å². The Morgan fingerprint density at radius 2 is 0.700 bits per heavy atom. The zero-order valence-corrected chi connectivity index (χ0v) is 36.6. The Bertz CT molecular complexity index is 2190. The van der Waals surface area contributed by atoms with Gasteiger partial charge in [0.2, 0.25) is 0 Å². The number of rotatable bonds is 18. The van der Waals surface area contributed by atoms with Crippen LogP contribution in [0.25, 0.3) is 0 Å². The van der Waals surface area contributed by atoms with E-state index in [2.05, 4.69) is 105 Å². The smallest absolute Gasteiger partial charge is 0.233 e. The normalized spacial score (nSPS) is 13.1. The standard InChI is InChI=1S/C48H42Br2N6O3P/c49-43(45-51-35-55(53-45)47(37-19-7-1-8-20-37,38-21-9-2-10-22-38)39-23-11-3-12-24-39)31-33-58-60(57)59-34-32-44(50)46-52-36-56(54-46)48(40-25-13-4-14-26-40,41-27-15-5-16-28-41)42-29-17-6-18-30-42/h1-30,35-36,43-44H,31-34H2/q+1. The van der Waals surface area contributed by atoms with Crippen molar-refractivity contribution >= 4 is 40.1 Å². The molecule has 0 saturated heterocycles. The molecule has 0 saturated carbocycles. The first-order valence-corrected chi connectivity index (χ1v) is 22.6. The van der Waals surface area contributed by atoms with Crippen molar-refractivity contribution in [2.75, 3.05) is 13.2 Å². The predicted molar refractivity (Wildman–Crippen MR) is 241 cm³/mol. The molecule has 0 fully saturated rings. The summed E-state index contributed by atoms with van der Waals surface area (Å²) in [6.45, 7) is 0.343. The van der Waals surface area contributed by atoms with Crippen LogP contribution in [0.5, 0.6) is 0 Å². The molecule has 0 N–H and O–H groups in total. The second kappa shape index (κ2) is 19.3. The van der Waals surface area contributed by atoms with Gasteiger partial charge >= 0.3 is 8.25 Å². The van der Waals surface area contributed by atoms with Crippen LogP contribution < -0.4 is 0 Å². The fourth-order valence-electron chi connectivity index (χ4n) is 7.79. The van der Waals surface area contributed by atoms with Crippen LogP contribution >= 0.6 is 40.1 Å². The Balaban J connectivity index is 0.912. The van der Waals surface area contributed by atoms with Crippen LogP contribution in [-0.4, -0.2) is 42.7 Å². The van der Waals surface area contributed by atoms with Gasteiger partial charge in [-0.3, -0.25) is 0 Å². The van der Waals surface area contributed by atoms with Gasteiger partial charge in [0.25, 0.3) is 0 Å². The third-order valence-corrected chi connectivity index (χ3v) is 13.1. The van der Waals surface area contributed by atoms with E-state index in [1.807, 2.05) is 119 Å². The van der Waals surface area contributed by atoms with Crippen molar-refractivity contribution in [3.8, 4) is 0 Å². The lowest BCUT2D eigenvalue weighted by Gasteiger charge is -2.35. The molecule has 60 heavy (non-hydrogen) atoms. The number of hydrogen-bond acceptors (Lipinski definition) is 7. The Labute approximate surface area is 367 Å². The van der Waals surface area contributed by atoms with E-state index in [1.165, 1.54) is 0 Å². The highest BCUT2D eigenvalue weighted by atomic mass is 79.9. The zero-order chi connectivity index (χ0) is 41.2. The number of halogens is 2. The van der Waals surface area contributed by atoms with Gasteiger partial charge in [0.15, 0.2) is 11.6 Å². The van der Waals surface area contributed by atoms with Gasteiger partial charge < -0.3 is 0 Å². The second-order valence-corrected chi connectivity index (χ2v) is 17.3. The third kappa shape index (κ3) is 8.46. The Morgan fingerprint density at radius 1 is 0.450 bits per heavy atom. The Kier molecular flexibility index (Phi) is 13.3. The molecule has 0 aliphatic heterocycles. The molecule has 8 aromatic rings. The van der Waals surface area contributed by atoms with Crippen LogP contribution in [0.2, 0.25) is 0 Å². The number of nitrogens with zero attached hydrogens (tertiary/aromatic N) is 6. The van der Waals surface area contributed by atoms with E-state index >= 15 is 0 Å². The number of benzene rings is 6. The van der Waals surface area contributed by atoms with Gasteiger partial charge in [-0.25, -0.2) is 19.3 Å². The molecule has 0 aliphatic carbocycles. The third-order valence-electron chi connectivity index (χ3n) is 10.6. The summed E-state index contributed by atoms with van der Waals surface area (Å²) in [7, 11) is -2.37. The Hall–Kier alpha value is -5.42. The van der Waals surface area contributed by atoms with Crippen LogP contribution in [0.1, 0.15) is 67.5 Å². The van der Waals surface area contributed by atoms with Gasteiger partial charge in [0.1, 0.15) is 36.9 Å². The summed E-state index contributed by atoms with van der Waals surface area (Å²) in [5.74, 6) is 1.18. The fraction of sp³-hybridized carbons (Fsp3) is 0.167. The molecule has 8 rings (SSSR count). The van der Waals surface area contributed by atoms with E-state index in [-0.39, 0.29) is 22.9 Å². The quantitative estimate of drug-likeness (QED) is 0.0480. The summed E-state index contributed by atoms with van der Waals surface area (Å²) in [5.41, 5.74) is 4.77. The number of hydrogen-bond donors (Lipinski definition) is 0. The predicted octanol–water partition coefficient (Wildman–Crippen LogP) is 11.6. The van der Waals surface area contributed by atoms with E-state index in [9.17, 15) is 4.57 Å². The second-order valence-electron chi connectivity index (χ2n) is 14.1. The number of alkyl halides is 2. The minimum absolute atomic E-state index is 0.172. The molecule has 300 valence electrons. The van der Waals surface area contributed by atoms with Crippen molar-refractivity contribution in [2.45, 2.75) is 33.6 Å². The maximum atomic E-state index is 12.9. The summed E-state index contributed by atoms with van der Waals surface area (Å²) in [4.78, 5) is 8.98. The monoisotopic (exact) mass is 939 g/mol. The molecular formula is C48H42Br2N6O3P+. The molecule has 0 aliphatic rings. The SMILES string of the molecule is O=[P+](OCCC(Br)c1ncn(C(c2ccccc2)(c2ccccc2)c2ccccc2)n1)OCCC(Br)c1ncn(C(c2ccccc2)(c2ccccc2)c2ccccc2)n1. The maximum Gasteiger partial charge on any atom is 0.697 e. The van der Waals surface area contributed by atoms with Crippen molar-refractivity contribution in [3.05, 3.63) is 240 Å². The minimum atomic E-state index is -2.37. The fourth-order valence-corrected chi connectivity index (χ4v) is 9.17. The first-order chi connectivity index (χ1) is 29.5. The van der Waals surface area contributed by atoms with Crippen LogP contribution in [0.4, 0.5) is 0 Å². The average molecular weight is 942 g/mol. The van der Waals surface area contributed by atoms with Crippen LogP contribution in [0.3, 0.4) is 0 Å². The summed E-state index contributed by atoms with van der Waals surface area (Å²) >= 11 is 7.53. The highest BCUT2D eigenvalue weighted by Gasteiger charge is 2.41. The largest absolute Gasteiger partial charge is 0.697 e. The van der Waals surface area contributed by atoms with Gasteiger partial charge in [-0.05, 0) is 46.2 Å². The lowest BCUT2D eigenvalue weighted by molar-refractivity contribution is 0.221. The van der Waals surface area contributed by atoms with E-state index in [4.69, 9.17) is 29.2 Å². The molecule has 0 spiro atoms. The molecule has 2 unspecified atom stereocenters. The first kappa shape index (κ1) is 41.3. The zero-order valence-electron chi connectivity index (χ0n) is 32.6. The van der Waals surface area contributed by atoms with E-state index < -0.39 is 19.3 Å². The molecule has 0 radical (unpaired) electrons. The van der Waals surface area contributed by atoms with Crippen LogP contribution in [0.15, 0.2) is 195 Å². The summed E-state index contributed by atoms with van der Waals surface area (Å²) in [5, 5.41) is 10.1. The topological polar surface area (TPSA) is 97.0 Å². The summed E-state index contributed by atoms with van der Waals surface area (Å²) in [6.07, 6.45) is 4.50. The van der Waals surface area contributed by atoms with Gasteiger partial charge in [-0.1, -0.05) is 214 Å². The lowest BCUT2D eigenvalue weighted by Crippen LogP contribution is -2.38. The minimum Gasteiger partial charge on any atom is -0.233 e. The van der Waals surface area contributed by atoms with Gasteiger partial charge in [-0.15, -0.1) is 9.05 Å². The molecule has 2 heterocycles. The average Bonchev–Trinajstić information content (AvgIpc) is 4.02. The molecule has 12 heteroatoms. The van der Waals surface area contributed by atoms with Crippen molar-refractivity contribution < 1.29 is 13.6 Å². The van der Waals surface area contributed by atoms with Gasteiger partial charge in [0, 0.05) is 4.57 Å². The van der Waals surface area contributed by atoms with Crippen molar-refractivity contribution in [2.24, 2.45) is 0 Å². The summed E-state index contributed by atoms with van der Waals surface area (Å²) < 4.78 is 28.0. The van der Waals surface area contributed by atoms with Gasteiger partial charge in [-0.2, -0.15) is 10.2 Å². The molecule has 2 atom stereocenters. The van der Waals surface area contributed by atoms with E-state index in [1.54, 1.807) is 12.7 Å².